The molecule has 4 rings (SSSR count). The Morgan fingerprint density at radius 1 is 1.11 bits per heavy atom. The zero-order valence-electron chi connectivity index (χ0n) is 20.7. The Bertz CT molecular complexity index is 931. The van der Waals surface area contributed by atoms with Gasteiger partial charge in [0, 0.05) is 6.42 Å². The van der Waals surface area contributed by atoms with Gasteiger partial charge in [-0.15, -0.1) is 0 Å². The summed E-state index contributed by atoms with van der Waals surface area (Å²) in [5.74, 6) is -1.16. The van der Waals surface area contributed by atoms with Gasteiger partial charge in [0.1, 0.15) is 6.04 Å². The van der Waals surface area contributed by atoms with Gasteiger partial charge in [0.05, 0.1) is 11.8 Å². The minimum absolute atomic E-state index is 0.0711. The van der Waals surface area contributed by atoms with Crippen molar-refractivity contribution >= 4 is 23.6 Å². The number of aliphatic hydroxyl groups is 1. The number of amides is 1. The summed E-state index contributed by atoms with van der Waals surface area (Å²) >= 11 is 0. The zero-order valence-corrected chi connectivity index (χ0v) is 20.7. The fourth-order valence-electron chi connectivity index (χ4n) is 7.55. The minimum Gasteiger partial charge on any atom is -0.481 e. The Balaban J connectivity index is 1.35. The number of nitrogens with zero attached hydrogens (tertiary/aromatic N) is 1. The van der Waals surface area contributed by atoms with Gasteiger partial charge in [-0.05, 0) is 92.4 Å². The standard InChI is InChI=1S/C26H38N2O7/c1-25-11-9-16(28-35-14-22(30)27-20(24(33)34)6-8-23(31)32)13-15(25)3-4-17-18-5-7-21(29)26(18,2)12-10-19(17)25/h13,17-21,29H,3-12,14H2,1-2H3,(H,27,30)(H,31,32)(H,33,34)/t17-,18-,19-,20-,21+,25+,26+/m1/s1. The average Bonchev–Trinajstić information content (AvgIpc) is 3.11. The second kappa shape index (κ2) is 9.91. The molecule has 0 saturated heterocycles. The van der Waals surface area contributed by atoms with Crippen LogP contribution in [0.1, 0.15) is 78.1 Å². The number of fused-ring (bicyclic) bond motifs is 5. The number of nitrogens with one attached hydrogen (secondary N) is 1. The van der Waals surface area contributed by atoms with Crippen molar-refractivity contribution in [1.29, 1.82) is 0 Å². The van der Waals surface area contributed by atoms with Gasteiger partial charge in [0.15, 0.2) is 6.61 Å². The summed E-state index contributed by atoms with van der Waals surface area (Å²) in [6, 6.07) is -1.28. The lowest BCUT2D eigenvalue weighted by molar-refractivity contribution is -0.143. The molecule has 0 aromatic carbocycles. The van der Waals surface area contributed by atoms with Crippen molar-refractivity contribution in [3.8, 4) is 0 Å². The van der Waals surface area contributed by atoms with Crippen molar-refractivity contribution < 1.29 is 34.5 Å². The van der Waals surface area contributed by atoms with Crippen LogP contribution in [0.4, 0.5) is 0 Å². The molecule has 3 saturated carbocycles. The monoisotopic (exact) mass is 490 g/mol. The van der Waals surface area contributed by atoms with E-state index in [9.17, 15) is 19.5 Å². The number of oxime groups is 1. The summed E-state index contributed by atoms with van der Waals surface area (Å²) in [4.78, 5) is 39.2. The Morgan fingerprint density at radius 3 is 2.60 bits per heavy atom. The van der Waals surface area contributed by atoms with Gasteiger partial charge in [-0.2, -0.15) is 0 Å². The Hall–Kier alpha value is -2.42. The number of carbonyl (C=O) groups is 3. The molecule has 7 atom stereocenters. The lowest BCUT2D eigenvalue weighted by Gasteiger charge is -2.57. The van der Waals surface area contributed by atoms with Crippen LogP contribution in [0.2, 0.25) is 0 Å². The predicted octanol–water partition coefficient (Wildman–Crippen LogP) is 3.12. The maximum Gasteiger partial charge on any atom is 0.326 e. The highest BCUT2D eigenvalue weighted by Crippen LogP contribution is 2.65. The maximum absolute atomic E-state index is 12.1. The number of aliphatic hydroxyl groups excluding tert-OH is 1. The van der Waals surface area contributed by atoms with Crippen molar-refractivity contribution in [3.05, 3.63) is 11.6 Å². The van der Waals surface area contributed by atoms with Crippen LogP contribution in [-0.2, 0) is 19.2 Å². The molecule has 3 fully saturated rings. The first-order valence-corrected chi connectivity index (χ1v) is 12.9. The topological polar surface area (TPSA) is 146 Å². The van der Waals surface area contributed by atoms with Crippen molar-refractivity contribution in [1.82, 2.24) is 5.32 Å². The minimum atomic E-state index is -1.28. The summed E-state index contributed by atoms with van der Waals surface area (Å²) < 4.78 is 0. The van der Waals surface area contributed by atoms with Crippen molar-refractivity contribution in [3.63, 3.8) is 0 Å². The molecule has 0 spiro atoms. The van der Waals surface area contributed by atoms with Gasteiger partial charge < -0.3 is 25.5 Å². The van der Waals surface area contributed by atoms with E-state index in [1.807, 2.05) is 0 Å². The van der Waals surface area contributed by atoms with Crippen molar-refractivity contribution in [2.75, 3.05) is 6.61 Å². The summed E-state index contributed by atoms with van der Waals surface area (Å²) in [7, 11) is 0. The smallest absolute Gasteiger partial charge is 0.326 e. The van der Waals surface area contributed by atoms with E-state index in [1.54, 1.807) is 0 Å². The molecule has 0 aliphatic heterocycles. The second-order valence-electron chi connectivity index (χ2n) is 11.4. The Morgan fingerprint density at radius 2 is 1.89 bits per heavy atom. The van der Waals surface area contributed by atoms with E-state index in [0.29, 0.717) is 17.8 Å². The lowest BCUT2D eigenvalue weighted by Crippen LogP contribution is -2.51. The number of carboxylic acid groups (broad SMARTS) is 2. The average molecular weight is 491 g/mol. The summed E-state index contributed by atoms with van der Waals surface area (Å²) in [5, 5.41) is 35.0. The molecule has 4 aliphatic carbocycles. The fourth-order valence-corrected chi connectivity index (χ4v) is 7.55. The molecule has 0 unspecified atom stereocenters. The molecule has 35 heavy (non-hydrogen) atoms. The number of carbonyl (C=O) groups excluding carboxylic acids is 1. The molecule has 9 nitrogen and oxygen atoms in total. The quantitative estimate of drug-likeness (QED) is 0.382. The highest BCUT2D eigenvalue weighted by molar-refractivity contribution is 5.96. The van der Waals surface area contributed by atoms with Crippen LogP contribution in [0.3, 0.4) is 0 Å². The fraction of sp³-hybridized carbons (Fsp3) is 0.769. The molecule has 0 aromatic rings. The third kappa shape index (κ3) is 4.97. The first kappa shape index (κ1) is 25.7. The molecule has 194 valence electrons. The van der Waals surface area contributed by atoms with Gasteiger partial charge in [-0.3, -0.25) is 9.59 Å². The first-order chi connectivity index (χ1) is 16.5. The van der Waals surface area contributed by atoms with E-state index in [1.165, 1.54) is 5.57 Å². The predicted molar refractivity (Wildman–Crippen MR) is 128 cm³/mol. The second-order valence-corrected chi connectivity index (χ2v) is 11.4. The molecule has 0 bridgehead atoms. The Labute approximate surface area is 206 Å². The third-order valence-corrected chi connectivity index (χ3v) is 9.58. The maximum atomic E-state index is 12.1. The van der Waals surface area contributed by atoms with Crippen LogP contribution in [0.25, 0.3) is 0 Å². The Kier molecular flexibility index (Phi) is 7.27. The number of carboxylic acids is 2. The SMILES string of the molecule is C[C@]12CC[C@@H]3[C@H](CCC4=CC(=NOCC(=O)N[C@H](CCC(=O)O)C(=O)O)CC[C@@]43C)[C@H]1CC[C@@H]2O. The third-order valence-electron chi connectivity index (χ3n) is 9.58. The first-order valence-electron chi connectivity index (χ1n) is 12.9. The summed E-state index contributed by atoms with van der Waals surface area (Å²) in [6.45, 7) is 4.26. The number of hydrogen-bond donors (Lipinski definition) is 4. The highest BCUT2D eigenvalue weighted by Gasteiger charge is 2.58. The van der Waals surface area contributed by atoms with Gasteiger partial charge >= 0.3 is 11.9 Å². The molecule has 0 aromatic heterocycles. The van der Waals surface area contributed by atoms with E-state index in [0.717, 1.165) is 57.1 Å². The van der Waals surface area contributed by atoms with Gasteiger partial charge in [0.2, 0.25) is 0 Å². The van der Waals surface area contributed by atoms with E-state index < -0.39 is 30.5 Å². The van der Waals surface area contributed by atoms with Gasteiger partial charge in [0.25, 0.3) is 5.91 Å². The van der Waals surface area contributed by atoms with Crippen LogP contribution in [0, 0.1) is 28.6 Å². The molecule has 4 N–H and O–H groups in total. The number of hydrogen-bond acceptors (Lipinski definition) is 6. The molecule has 9 heteroatoms. The van der Waals surface area contributed by atoms with E-state index in [4.69, 9.17) is 15.1 Å². The van der Waals surface area contributed by atoms with E-state index in [2.05, 4.69) is 30.4 Å². The van der Waals surface area contributed by atoms with E-state index in [-0.39, 0.29) is 29.8 Å². The molecular formula is C26H38N2O7. The van der Waals surface area contributed by atoms with E-state index >= 15 is 0 Å². The van der Waals surface area contributed by atoms with Crippen LogP contribution >= 0.6 is 0 Å². The molecular weight excluding hydrogens is 452 g/mol. The molecule has 0 radical (unpaired) electrons. The summed E-state index contributed by atoms with van der Waals surface area (Å²) in [6.07, 6.45) is 9.61. The van der Waals surface area contributed by atoms with Crippen molar-refractivity contribution in [2.45, 2.75) is 90.2 Å². The summed E-state index contributed by atoms with van der Waals surface area (Å²) in [5.41, 5.74) is 2.40. The normalized spacial score (nSPS) is 37.9. The number of rotatable bonds is 8. The van der Waals surface area contributed by atoms with Crippen LogP contribution in [0.5, 0.6) is 0 Å². The number of allylic oxidation sites excluding steroid dienone is 2. The van der Waals surface area contributed by atoms with Crippen LogP contribution in [-0.4, -0.2) is 57.6 Å². The van der Waals surface area contributed by atoms with Gasteiger partial charge in [-0.1, -0.05) is 24.6 Å². The zero-order chi connectivity index (χ0) is 25.4. The largest absolute Gasteiger partial charge is 0.481 e. The molecule has 4 aliphatic rings. The lowest BCUT2D eigenvalue weighted by atomic mass is 9.47. The molecule has 0 heterocycles. The number of aliphatic carboxylic acids is 2. The van der Waals surface area contributed by atoms with Crippen LogP contribution < -0.4 is 5.32 Å². The van der Waals surface area contributed by atoms with Gasteiger partial charge in [-0.25, -0.2) is 4.79 Å². The van der Waals surface area contributed by atoms with Crippen LogP contribution in [0.15, 0.2) is 16.8 Å². The van der Waals surface area contributed by atoms with Crippen molar-refractivity contribution in [2.24, 2.45) is 33.7 Å². The molecule has 1 amide bonds. The highest BCUT2D eigenvalue weighted by atomic mass is 16.6.